The van der Waals surface area contributed by atoms with E-state index in [4.69, 9.17) is 37.0 Å². The average molecular weight is 742 g/mol. The molecule has 3 saturated heterocycles. The summed E-state index contributed by atoms with van der Waals surface area (Å²) in [5.41, 5.74) is 8.62. The maximum Gasteiger partial charge on any atom is 0.331 e. The van der Waals surface area contributed by atoms with Crippen molar-refractivity contribution < 1.29 is 14.1 Å². The molecule has 3 aliphatic heterocycles. The molecule has 0 saturated carbocycles. The van der Waals surface area contributed by atoms with Crippen LogP contribution in [0.2, 0.25) is 5.28 Å². The first kappa shape index (κ1) is 33.3. The van der Waals surface area contributed by atoms with Gasteiger partial charge in [0.25, 0.3) is 0 Å². The quantitative estimate of drug-likeness (QED) is 0.293. The van der Waals surface area contributed by atoms with Crippen molar-refractivity contribution in [2.75, 3.05) is 48.3 Å². The fourth-order valence-corrected chi connectivity index (χ4v) is 10.9. The van der Waals surface area contributed by atoms with Crippen LogP contribution < -0.4 is 20.9 Å². The number of nitrogen functional groups attached to an aromatic ring is 1. The van der Waals surface area contributed by atoms with Crippen molar-refractivity contribution in [1.82, 2.24) is 34.9 Å². The molecule has 1 unspecified atom stereocenters. The molecule has 0 radical (unpaired) electrons. The van der Waals surface area contributed by atoms with Crippen LogP contribution in [0.4, 0.5) is 21.4 Å². The molecule has 2 aliphatic carbocycles. The van der Waals surface area contributed by atoms with Gasteiger partial charge in [0.2, 0.25) is 22.8 Å². The number of carbonyl (C=O) groups is 2. The molecule has 16 heteroatoms. The Morgan fingerprint density at radius 1 is 1.15 bits per heavy atom. The maximum absolute atomic E-state index is 14.1. The van der Waals surface area contributed by atoms with E-state index in [2.05, 4.69) is 28.2 Å². The Morgan fingerprint density at radius 3 is 2.79 bits per heavy atom. The summed E-state index contributed by atoms with van der Waals surface area (Å²) in [5, 5.41) is 19.1. The fourth-order valence-electron chi connectivity index (χ4n) is 9.56. The molecular formula is C36H40ClN11O3S. The molecule has 3 fully saturated rings. The zero-order valence-electron chi connectivity index (χ0n) is 29.0. The summed E-state index contributed by atoms with van der Waals surface area (Å²) in [4.78, 5) is 48.9. The molecule has 52 heavy (non-hydrogen) atoms. The van der Waals surface area contributed by atoms with Crippen molar-refractivity contribution >= 4 is 51.5 Å². The van der Waals surface area contributed by atoms with Crippen LogP contribution in [-0.4, -0.2) is 85.8 Å². The molecular weight excluding hydrogens is 702 g/mol. The van der Waals surface area contributed by atoms with Crippen LogP contribution >= 0.6 is 22.9 Å². The van der Waals surface area contributed by atoms with Crippen LogP contribution in [0.3, 0.4) is 0 Å². The second kappa shape index (κ2) is 12.6. The first-order valence-corrected chi connectivity index (χ1v) is 19.4. The summed E-state index contributed by atoms with van der Waals surface area (Å²) in [5.74, 6) is 1.95. The van der Waals surface area contributed by atoms with E-state index < -0.39 is 11.0 Å². The molecule has 5 aliphatic rings. The lowest BCUT2D eigenvalue weighted by Gasteiger charge is -2.39. The van der Waals surface area contributed by atoms with Gasteiger partial charge in [-0.3, -0.25) is 9.69 Å². The number of hydrogen-bond donors (Lipinski definition) is 2. The highest BCUT2D eigenvalue weighted by molar-refractivity contribution is 7.16. The van der Waals surface area contributed by atoms with Crippen LogP contribution in [0.25, 0.3) is 11.6 Å². The van der Waals surface area contributed by atoms with Gasteiger partial charge in [0.15, 0.2) is 0 Å². The molecule has 7 heterocycles. The van der Waals surface area contributed by atoms with Crippen LogP contribution in [0.1, 0.15) is 85.6 Å². The van der Waals surface area contributed by atoms with Crippen molar-refractivity contribution in [2.45, 2.75) is 88.1 Å². The van der Waals surface area contributed by atoms with Crippen molar-refractivity contribution in [3.8, 4) is 17.7 Å². The number of carbonyl (C=O) groups excluding carboxylic acids is 2. The first-order valence-electron chi connectivity index (χ1n) is 18.2. The third kappa shape index (κ3) is 5.05. The minimum absolute atomic E-state index is 0.0901. The SMILES string of the molecule is C[C@H]1CNCCCN1c1cc(N2CC3(CCCN3C(=O)n3ccnc3Cl)CC2=O)nc(-c2onc3c2CCC[C@@]32CCCc3sc(N)c(C#N)c32)n1. The number of amides is 2. The number of hydrogen-bond acceptors (Lipinski definition) is 12. The molecule has 4 aromatic rings. The van der Waals surface area contributed by atoms with Crippen LogP contribution in [0.5, 0.6) is 0 Å². The number of anilines is 3. The third-order valence-corrected chi connectivity index (χ3v) is 13.3. The van der Waals surface area contributed by atoms with E-state index in [0.29, 0.717) is 53.3 Å². The summed E-state index contributed by atoms with van der Waals surface area (Å²) in [6.45, 7) is 5.46. The number of nitrogens with one attached hydrogen (secondary N) is 1. The number of nitriles is 1. The Hall–Kier alpha value is -4.52. The van der Waals surface area contributed by atoms with E-state index in [1.165, 1.54) is 27.0 Å². The number of fused-ring (bicyclic) bond motifs is 4. The van der Waals surface area contributed by atoms with E-state index >= 15 is 0 Å². The monoisotopic (exact) mass is 741 g/mol. The number of halogens is 1. The van der Waals surface area contributed by atoms with E-state index in [-0.39, 0.29) is 29.7 Å². The topological polar surface area (TPSA) is 175 Å². The largest absolute Gasteiger partial charge is 0.389 e. The summed E-state index contributed by atoms with van der Waals surface area (Å²) >= 11 is 7.77. The van der Waals surface area contributed by atoms with E-state index in [1.807, 2.05) is 6.07 Å². The van der Waals surface area contributed by atoms with Crippen LogP contribution in [-0.2, 0) is 23.1 Å². The van der Waals surface area contributed by atoms with Crippen molar-refractivity contribution in [3.63, 3.8) is 0 Å². The minimum Gasteiger partial charge on any atom is -0.389 e. The van der Waals surface area contributed by atoms with Gasteiger partial charge < -0.3 is 25.4 Å². The second-order valence-electron chi connectivity index (χ2n) is 14.9. The van der Waals surface area contributed by atoms with Gasteiger partial charge in [-0.05, 0) is 88.4 Å². The van der Waals surface area contributed by atoms with Gasteiger partial charge in [-0.2, -0.15) is 5.26 Å². The van der Waals surface area contributed by atoms with Crippen molar-refractivity contribution in [1.29, 1.82) is 5.26 Å². The molecule has 3 N–H and O–H groups in total. The summed E-state index contributed by atoms with van der Waals surface area (Å²) in [6.07, 6.45) is 10.8. The smallest absolute Gasteiger partial charge is 0.331 e. The van der Waals surface area contributed by atoms with Gasteiger partial charge in [-0.25, -0.2) is 24.3 Å². The van der Waals surface area contributed by atoms with E-state index in [9.17, 15) is 14.9 Å². The van der Waals surface area contributed by atoms with Gasteiger partial charge in [0, 0.05) is 60.0 Å². The second-order valence-corrected chi connectivity index (χ2v) is 16.3. The van der Waals surface area contributed by atoms with Crippen molar-refractivity contribution in [2.24, 2.45) is 0 Å². The fraction of sp³-hybridized carbons (Fsp3) is 0.528. The van der Waals surface area contributed by atoms with Crippen LogP contribution in [0.15, 0.2) is 23.0 Å². The lowest BCUT2D eigenvalue weighted by atomic mass is 9.62. The molecule has 2 amide bonds. The average Bonchev–Trinajstić information content (AvgIpc) is 3.96. The number of imidazole rings is 1. The third-order valence-electron chi connectivity index (χ3n) is 11.9. The van der Waals surface area contributed by atoms with Gasteiger partial charge in [-0.15, -0.1) is 11.3 Å². The lowest BCUT2D eigenvalue weighted by Crippen LogP contribution is -2.50. The molecule has 270 valence electrons. The molecule has 4 aromatic heterocycles. The highest BCUT2D eigenvalue weighted by Gasteiger charge is 2.53. The molecule has 0 bridgehead atoms. The van der Waals surface area contributed by atoms with Gasteiger partial charge in [0.1, 0.15) is 22.7 Å². The zero-order valence-corrected chi connectivity index (χ0v) is 30.6. The number of nitrogens with zero attached hydrogens (tertiary/aromatic N) is 9. The maximum atomic E-state index is 14.1. The lowest BCUT2D eigenvalue weighted by molar-refractivity contribution is -0.117. The molecule has 3 atom stereocenters. The number of likely N-dealkylation sites (tertiary alicyclic amines) is 1. The number of thiophene rings is 1. The summed E-state index contributed by atoms with van der Waals surface area (Å²) in [6, 6.07) is 4.16. The predicted octanol–water partition coefficient (Wildman–Crippen LogP) is 4.88. The predicted molar refractivity (Wildman–Crippen MR) is 196 cm³/mol. The Labute approximate surface area is 309 Å². The molecule has 0 aromatic carbocycles. The van der Waals surface area contributed by atoms with Gasteiger partial charge in [0.05, 0.1) is 29.8 Å². The zero-order chi connectivity index (χ0) is 35.8. The minimum atomic E-state index is -0.704. The Morgan fingerprint density at radius 2 is 1.98 bits per heavy atom. The summed E-state index contributed by atoms with van der Waals surface area (Å²) < 4.78 is 7.59. The van der Waals surface area contributed by atoms with Gasteiger partial charge in [-0.1, -0.05) is 5.16 Å². The van der Waals surface area contributed by atoms with Crippen LogP contribution in [0, 0.1) is 11.3 Å². The highest BCUT2D eigenvalue weighted by Crippen LogP contribution is 2.55. The summed E-state index contributed by atoms with van der Waals surface area (Å²) in [7, 11) is 0. The molecule has 14 nitrogen and oxygen atoms in total. The Bertz CT molecular complexity index is 2130. The Kier molecular flexibility index (Phi) is 8.05. The number of rotatable bonds is 3. The highest BCUT2D eigenvalue weighted by atomic mass is 35.5. The number of aromatic nitrogens is 5. The van der Waals surface area contributed by atoms with Gasteiger partial charge >= 0.3 is 6.03 Å². The standard InChI is InChI=1S/C36H40ClN11O3S/c1-21-19-40-11-5-13-45(21)25-16-26(47-20-35(17-27(47)49)8-4-14-48(35)34(50)46-15-12-41-33(46)37)43-32(42-25)29-22-6-2-9-36(30(22)44-51-29)10-3-7-24-28(36)23(18-38)31(39)52-24/h12,15-16,21,40H,2-11,13-14,17,19-20,39H2,1H3/t21-,35?,36-/m0/s1. The van der Waals surface area contributed by atoms with E-state index in [1.54, 1.807) is 16.0 Å². The normalized spacial score (nSPS) is 25.8. The van der Waals surface area contributed by atoms with Crippen molar-refractivity contribution in [3.05, 3.63) is 51.0 Å². The molecule has 9 rings (SSSR count). The number of nitrogens with two attached hydrogens (primary N) is 1. The molecule has 2 spiro atoms. The van der Waals surface area contributed by atoms with E-state index in [0.717, 1.165) is 87.8 Å². The Balaban J connectivity index is 1.14. The number of aryl methyl sites for hydroxylation is 1. The first-order chi connectivity index (χ1) is 25.2.